The number of hydrogen-bond donors (Lipinski definition) is 2. The smallest absolute Gasteiger partial charge is 0.254 e. The van der Waals surface area contributed by atoms with E-state index in [1.807, 2.05) is 0 Å². The van der Waals surface area contributed by atoms with Gasteiger partial charge >= 0.3 is 0 Å². The van der Waals surface area contributed by atoms with Crippen molar-refractivity contribution >= 4 is 21.8 Å². The van der Waals surface area contributed by atoms with Crippen molar-refractivity contribution in [2.24, 2.45) is 0 Å². The molecule has 29 heavy (non-hydrogen) atoms. The first-order chi connectivity index (χ1) is 13.6. The van der Waals surface area contributed by atoms with Gasteiger partial charge in [-0.15, -0.1) is 0 Å². The first kappa shape index (κ1) is 23.2. The van der Waals surface area contributed by atoms with E-state index in [2.05, 4.69) is 10.6 Å². The summed E-state index contributed by atoms with van der Waals surface area (Å²) in [6, 6.07) is 2.57. The summed E-state index contributed by atoms with van der Waals surface area (Å²) in [5.41, 5.74) is -0.327. The molecule has 1 aliphatic rings. The molecule has 0 saturated carbocycles. The topological polar surface area (TPSA) is 105 Å². The Morgan fingerprint density at radius 3 is 2.41 bits per heavy atom. The average molecular weight is 433 g/mol. The highest BCUT2D eigenvalue weighted by molar-refractivity contribution is 7.89. The van der Waals surface area contributed by atoms with E-state index >= 15 is 0 Å². The lowest BCUT2D eigenvalue weighted by Crippen LogP contribution is -2.49. The zero-order valence-corrected chi connectivity index (χ0v) is 17.1. The zero-order chi connectivity index (χ0) is 21.6. The summed E-state index contributed by atoms with van der Waals surface area (Å²) in [5, 5.41) is 4.84. The lowest BCUT2D eigenvalue weighted by molar-refractivity contribution is -0.120. The Hall–Kier alpha value is -2.11. The maximum atomic E-state index is 13.5. The molecule has 1 aromatic rings. The predicted molar refractivity (Wildman–Crippen MR) is 102 cm³/mol. The van der Waals surface area contributed by atoms with Gasteiger partial charge in [0.15, 0.2) is 0 Å². The van der Waals surface area contributed by atoms with Crippen LogP contribution in [-0.4, -0.2) is 68.7 Å². The molecular formula is C18H25F2N3O5S. The van der Waals surface area contributed by atoms with Crippen LogP contribution in [0.1, 0.15) is 30.6 Å². The number of amides is 2. The van der Waals surface area contributed by atoms with E-state index in [0.717, 1.165) is 12.1 Å². The fourth-order valence-corrected chi connectivity index (χ4v) is 4.45. The summed E-state index contributed by atoms with van der Waals surface area (Å²) in [6.07, 6.45) is -0.504. The predicted octanol–water partition coefficient (Wildman–Crippen LogP) is 0.640. The first-order valence-electron chi connectivity index (χ1n) is 9.21. The molecule has 11 heteroatoms. The third kappa shape index (κ3) is 7.02. The van der Waals surface area contributed by atoms with Crippen LogP contribution >= 0.6 is 0 Å². The quantitative estimate of drug-likeness (QED) is 0.626. The molecule has 1 aromatic carbocycles. The highest BCUT2D eigenvalue weighted by atomic mass is 32.2. The molecule has 2 atom stereocenters. The zero-order valence-electron chi connectivity index (χ0n) is 16.3. The molecule has 0 aliphatic carbocycles. The number of sulfonamides is 1. The van der Waals surface area contributed by atoms with Gasteiger partial charge in [-0.3, -0.25) is 9.59 Å². The second-order valence-corrected chi connectivity index (χ2v) is 8.96. The summed E-state index contributed by atoms with van der Waals surface area (Å²) in [7, 11) is -3.53. The van der Waals surface area contributed by atoms with Gasteiger partial charge < -0.3 is 15.4 Å². The number of carbonyl (C=O) groups excluding carboxylic acids is 2. The molecule has 0 spiro atoms. The van der Waals surface area contributed by atoms with E-state index in [4.69, 9.17) is 4.74 Å². The summed E-state index contributed by atoms with van der Waals surface area (Å²) >= 11 is 0. The van der Waals surface area contributed by atoms with Crippen molar-refractivity contribution < 1.29 is 31.5 Å². The van der Waals surface area contributed by atoms with E-state index in [1.165, 1.54) is 4.31 Å². The Morgan fingerprint density at radius 1 is 1.14 bits per heavy atom. The van der Waals surface area contributed by atoms with E-state index in [-0.39, 0.29) is 56.1 Å². The molecule has 1 saturated heterocycles. The third-order valence-electron chi connectivity index (χ3n) is 4.28. The highest BCUT2D eigenvalue weighted by Gasteiger charge is 2.30. The van der Waals surface area contributed by atoms with Crippen molar-refractivity contribution in [1.82, 2.24) is 14.9 Å². The van der Waals surface area contributed by atoms with E-state index < -0.39 is 33.5 Å². The van der Waals surface area contributed by atoms with Gasteiger partial charge in [-0.2, -0.15) is 4.31 Å². The normalized spacial score (nSPS) is 20.3. The Bertz CT molecular complexity index is 840. The second kappa shape index (κ2) is 10.1. The number of benzene rings is 1. The Labute approximate surface area is 168 Å². The highest BCUT2D eigenvalue weighted by Crippen LogP contribution is 2.14. The Kier molecular flexibility index (Phi) is 8.05. The maximum absolute atomic E-state index is 13.5. The van der Waals surface area contributed by atoms with Crippen LogP contribution in [0.4, 0.5) is 8.78 Å². The Morgan fingerprint density at radius 2 is 1.79 bits per heavy atom. The lowest BCUT2D eigenvalue weighted by atomic mass is 10.2. The molecule has 0 radical (unpaired) electrons. The minimum Gasteiger partial charge on any atom is -0.373 e. The van der Waals surface area contributed by atoms with Gasteiger partial charge in [0, 0.05) is 38.7 Å². The van der Waals surface area contributed by atoms with Crippen molar-refractivity contribution in [3.63, 3.8) is 0 Å². The second-order valence-electron chi connectivity index (χ2n) is 6.87. The standard InChI is InChI=1S/C18H25F2N3O5S/c1-12-10-23(11-13(2)28-12)29(26,27)8-7-21-17(24)5-6-22-18(25)15-4-3-14(19)9-16(15)20/h3-4,9,12-13H,5-8,10-11H2,1-2H3,(H,21,24)(H,22,25)/t12-,13-/m1/s1. The van der Waals surface area contributed by atoms with Gasteiger partial charge in [-0.05, 0) is 26.0 Å². The number of halogens is 2. The fraction of sp³-hybridized carbons (Fsp3) is 0.556. The molecule has 1 heterocycles. The minimum atomic E-state index is -3.53. The molecular weight excluding hydrogens is 408 g/mol. The maximum Gasteiger partial charge on any atom is 0.254 e. The van der Waals surface area contributed by atoms with Crippen LogP contribution in [0, 0.1) is 11.6 Å². The van der Waals surface area contributed by atoms with Crippen molar-refractivity contribution in [3.05, 3.63) is 35.4 Å². The SMILES string of the molecule is C[C@@H]1CN(S(=O)(=O)CCNC(=O)CCNC(=O)c2ccc(F)cc2F)C[C@@H](C)O1. The first-order valence-corrected chi connectivity index (χ1v) is 10.8. The molecule has 0 bridgehead atoms. The summed E-state index contributed by atoms with van der Waals surface area (Å²) < 4.78 is 58.0. The van der Waals surface area contributed by atoms with Crippen LogP contribution in [0.2, 0.25) is 0 Å². The molecule has 162 valence electrons. The molecule has 0 aromatic heterocycles. The average Bonchev–Trinajstić information content (AvgIpc) is 2.60. The molecule has 2 amide bonds. The van der Waals surface area contributed by atoms with Gasteiger partial charge in [0.05, 0.1) is 23.5 Å². The van der Waals surface area contributed by atoms with Gasteiger partial charge in [0.25, 0.3) is 5.91 Å². The molecule has 1 aliphatic heterocycles. The number of nitrogens with zero attached hydrogens (tertiary/aromatic N) is 1. The van der Waals surface area contributed by atoms with Crippen molar-refractivity contribution in [1.29, 1.82) is 0 Å². The fourth-order valence-electron chi connectivity index (χ4n) is 2.95. The number of rotatable bonds is 8. The summed E-state index contributed by atoms with van der Waals surface area (Å²) in [4.78, 5) is 23.7. The summed E-state index contributed by atoms with van der Waals surface area (Å²) in [6.45, 7) is 3.99. The van der Waals surface area contributed by atoms with Crippen LogP contribution in [0.15, 0.2) is 18.2 Å². The Balaban J connectivity index is 1.71. The number of hydrogen-bond acceptors (Lipinski definition) is 5. The lowest BCUT2D eigenvalue weighted by Gasteiger charge is -2.34. The van der Waals surface area contributed by atoms with Crippen LogP contribution in [0.5, 0.6) is 0 Å². The van der Waals surface area contributed by atoms with Crippen LogP contribution in [-0.2, 0) is 19.6 Å². The molecule has 8 nitrogen and oxygen atoms in total. The van der Waals surface area contributed by atoms with Crippen molar-refractivity contribution in [2.45, 2.75) is 32.5 Å². The van der Waals surface area contributed by atoms with Crippen LogP contribution in [0.25, 0.3) is 0 Å². The number of ether oxygens (including phenoxy) is 1. The van der Waals surface area contributed by atoms with Gasteiger partial charge in [0.2, 0.25) is 15.9 Å². The van der Waals surface area contributed by atoms with E-state index in [9.17, 15) is 26.8 Å². The van der Waals surface area contributed by atoms with Gasteiger partial charge in [-0.25, -0.2) is 17.2 Å². The van der Waals surface area contributed by atoms with Crippen molar-refractivity contribution in [3.8, 4) is 0 Å². The van der Waals surface area contributed by atoms with Crippen LogP contribution < -0.4 is 10.6 Å². The monoisotopic (exact) mass is 433 g/mol. The van der Waals surface area contributed by atoms with E-state index in [0.29, 0.717) is 6.07 Å². The van der Waals surface area contributed by atoms with E-state index in [1.54, 1.807) is 13.8 Å². The largest absolute Gasteiger partial charge is 0.373 e. The number of morpholine rings is 1. The molecule has 2 rings (SSSR count). The molecule has 0 unspecified atom stereocenters. The third-order valence-corrected chi connectivity index (χ3v) is 6.08. The van der Waals surface area contributed by atoms with Gasteiger partial charge in [-0.1, -0.05) is 0 Å². The van der Waals surface area contributed by atoms with Crippen LogP contribution in [0.3, 0.4) is 0 Å². The minimum absolute atomic E-state index is 0.0676. The summed E-state index contributed by atoms with van der Waals surface area (Å²) in [5.74, 6) is -3.26. The van der Waals surface area contributed by atoms with Gasteiger partial charge in [0.1, 0.15) is 11.6 Å². The number of carbonyl (C=O) groups is 2. The number of nitrogens with one attached hydrogen (secondary N) is 2. The molecule has 1 fully saturated rings. The molecule has 2 N–H and O–H groups in total. The van der Waals surface area contributed by atoms with Crippen molar-refractivity contribution in [2.75, 3.05) is 31.9 Å².